The van der Waals surface area contributed by atoms with Crippen molar-refractivity contribution in [3.63, 3.8) is 0 Å². The minimum atomic E-state index is -4.72. The largest absolute Gasteiger partial charge is 0.494 e. The second-order valence-corrected chi connectivity index (χ2v) is 10.5. The predicted molar refractivity (Wildman–Crippen MR) is 135 cm³/mol. The lowest BCUT2D eigenvalue weighted by Crippen LogP contribution is -2.38. The van der Waals surface area contributed by atoms with Crippen molar-refractivity contribution in [1.29, 1.82) is 0 Å². The third-order valence-corrected chi connectivity index (χ3v) is 7.79. The molecule has 0 fully saturated rings. The molecule has 192 valence electrons. The molecule has 0 aliphatic carbocycles. The van der Waals surface area contributed by atoms with Gasteiger partial charge in [0.15, 0.2) is 0 Å². The van der Waals surface area contributed by atoms with Crippen LogP contribution in [0.25, 0.3) is 0 Å². The standard InChI is InChI=1S/C24H22ClF3N2O4S2/c1-3-34-18-7-5-17(6-8-18)30(36(32,33)20-11-9-19(35-2)10-12-20)15-23(31)29-16-4-13-22(25)21(14-16)24(26,27)28/h4-14H,3,15H2,1-2H3,(H,29,31). The fourth-order valence-electron chi connectivity index (χ4n) is 3.22. The van der Waals surface area contributed by atoms with Crippen molar-refractivity contribution in [2.24, 2.45) is 0 Å². The number of halogens is 4. The summed E-state index contributed by atoms with van der Waals surface area (Å²) in [5, 5.41) is 1.80. The van der Waals surface area contributed by atoms with Crippen LogP contribution in [-0.2, 0) is 21.0 Å². The third kappa shape index (κ3) is 6.65. The number of alkyl halides is 3. The molecule has 0 spiro atoms. The zero-order valence-corrected chi connectivity index (χ0v) is 21.6. The Morgan fingerprint density at radius 2 is 1.69 bits per heavy atom. The summed E-state index contributed by atoms with van der Waals surface area (Å²) in [5.41, 5.74) is -1.12. The van der Waals surface area contributed by atoms with E-state index in [9.17, 15) is 26.4 Å². The number of hydrogen-bond acceptors (Lipinski definition) is 5. The van der Waals surface area contributed by atoms with Crippen LogP contribution < -0.4 is 14.4 Å². The molecule has 0 unspecified atom stereocenters. The van der Waals surface area contributed by atoms with Crippen molar-refractivity contribution in [3.8, 4) is 5.75 Å². The van der Waals surface area contributed by atoms with Crippen molar-refractivity contribution in [2.45, 2.75) is 22.9 Å². The molecule has 0 saturated heterocycles. The van der Waals surface area contributed by atoms with Gasteiger partial charge >= 0.3 is 6.18 Å². The highest BCUT2D eigenvalue weighted by Gasteiger charge is 2.34. The molecule has 0 radical (unpaired) electrons. The molecule has 3 aromatic rings. The van der Waals surface area contributed by atoms with Crippen LogP contribution in [0.2, 0.25) is 5.02 Å². The molecule has 0 bridgehead atoms. The second kappa shape index (κ2) is 11.4. The number of rotatable bonds is 9. The van der Waals surface area contributed by atoms with Crippen LogP contribution in [0.5, 0.6) is 5.75 Å². The summed E-state index contributed by atoms with van der Waals surface area (Å²) in [6.07, 6.45) is -2.88. The molecular weight excluding hydrogens is 537 g/mol. The van der Waals surface area contributed by atoms with Crippen molar-refractivity contribution in [3.05, 3.63) is 77.3 Å². The number of sulfonamides is 1. The van der Waals surface area contributed by atoms with Crippen LogP contribution in [0, 0.1) is 0 Å². The summed E-state index contributed by atoms with van der Waals surface area (Å²) in [6.45, 7) is 1.52. The lowest BCUT2D eigenvalue weighted by Gasteiger charge is -2.24. The molecule has 0 aliphatic heterocycles. The van der Waals surface area contributed by atoms with E-state index >= 15 is 0 Å². The molecule has 0 aliphatic rings. The van der Waals surface area contributed by atoms with Crippen LogP contribution in [-0.4, -0.2) is 33.7 Å². The number of nitrogens with one attached hydrogen (secondary N) is 1. The minimum Gasteiger partial charge on any atom is -0.494 e. The van der Waals surface area contributed by atoms with Gasteiger partial charge in [0.2, 0.25) is 5.91 Å². The number of amides is 1. The number of hydrogen-bond donors (Lipinski definition) is 1. The molecule has 1 N–H and O–H groups in total. The minimum absolute atomic E-state index is 0.0483. The topological polar surface area (TPSA) is 75.7 Å². The van der Waals surface area contributed by atoms with E-state index in [4.69, 9.17) is 16.3 Å². The summed E-state index contributed by atoms with van der Waals surface area (Å²) in [4.78, 5) is 13.6. The van der Waals surface area contributed by atoms with E-state index in [1.165, 1.54) is 42.1 Å². The summed E-state index contributed by atoms with van der Waals surface area (Å²) in [6, 6.07) is 15.1. The number of anilines is 2. The highest BCUT2D eigenvalue weighted by molar-refractivity contribution is 7.98. The summed E-state index contributed by atoms with van der Waals surface area (Å²) in [7, 11) is -4.21. The number of ether oxygens (including phenoxy) is 1. The van der Waals surface area contributed by atoms with E-state index in [0.717, 1.165) is 15.3 Å². The molecule has 0 saturated carbocycles. The van der Waals surface area contributed by atoms with Gasteiger partial charge in [-0.05, 0) is 79.9 Å². The molecule has 6 nitrogen and oxygen atoms in total. The number of benzene rings is 3. The second-order valence-electron chi connectivity index (χ2n) is 7.35. The quantitative estimate of drug-likeness (QED) is 0.311. The van der Waals surface area contributed by atoms with Gasteiger partial charge in [0, 0.05) is 10.6 Å². The number of thioether (sulfide) groups is 1. The van der Waals surface area contributed by atoms with Gasteiger partial charge in [-0.3, -0.25) is 9.10 Å². The van der Waals surface area contributed by atoms with Crippen LogP contribution >= 0.6 is 23.4 Å². The van der Waals surface area contributed by atoms with Gasteiger partial charge in [0.1, 0.15) is 12.3 Å². The van der Waals surface area contributed by atoms with Gasteiger partial charge < -0.3 is 10.1 Å². The molecule has 0 heterocycles. The maximum absolute atomic E-state index is 13.5. The van der Waals surface area contributed by atoms with Gasteiger partial charge in [0.25, 0.3) is 10.0 Å². The Morgan fingerprint density at radius 3 is 2.25 bits per heavy atom. The van der Waals surface area contributed by atoms with E-state index in [-0.39, 0.29) is 16.3 Å². The van der Waals surface area contributed by atoms with Gasteiger partial charge in [0.05, 0.1) is 27.8 Å². The predicted octanol–water partition coefficient (Wildman–Crippen LogP) is 6.31. The normalized spacial score (nSPS) is 11.7. The first-order valence-electron chi connectivity index (χ1n) is 10.5. The molecule has 0 atom stereocenters. The SMILES string of the molecule is CCOc1ccc(N(CC(=O)Nc2ccc(Cl)c(C(F)(F)F)c2)S(=O)(=O)c2ccc(SC)cc2)cc1. The average Bonchev–Trinajstić information content (AvgIpc) is 2.84. The first kappa shape index (κ1) is 27.7. The zero-order chi connectivity index (χ0) is 26.5. The van der Waals surface area contributed by atoms with Gasteiger partial charge in [-0.25, -0.2) is 8.42 Å². The van der Waals surface area contributed by atoms with Gasteiger partial charge in [-0.15, -0.1) is 11.8 Å². The fourth-order valence-corrected chi connectivity index (χ4v) is 5.27. The molecule has 1 amide bonds. The van der Waals surface area contributed by atoms with Crippen molar-refractivity contribution in [1.82, 2.24) is 0 Å². The third-order valence-electron chi connectivity index (χ3n) is 4.93. The van der Waals surface area contributed by atoms with Crippen molar-refractivity contribution < 1.29 is 31.1 Å². The lowest BCUT2D eigenvalue weighted by molar-refractivity contribution is -0.137. The molecule has 0 aromatic heterocycles. The molecule has 3 rings (SSSR count). The molecule has 12 heteroatoms. The molecule has 3 aromatic carbocycles. The van der Waals surface area contributed by atoms with E-state index in [1.54, 1.807) is 31.2 Å². The smallest absolute Gasteiger partial charge is 0.417 e. The summed E-state index contributed by atoms with van der Waals surface area (Å²) < 4.78 is 72.8. The Labute approximate surface area is 216 Å². The van der Waals surface area contributed by atoms with E-state index in [0.29, 0.717) is 18.4 Å². The van der Waals surface area contributed by atoms with Crippen LogP contribution in [0.1, 0.15) is 12.5 Å². The van der Waals surface area contributed by atoms with Crippen LogP contribution in [0.15, 0.2) is 76.5 Å². The molecular formula is C24H22ClF3N2O4S2. The zero-order valence-electron chi connectivity index (χ0n) is 19.2. The first-order valence-corrected chi connectivity index (χ1v) is 13.6. The summed E-state index contributed by atoms with van der Waals surface area (Å²) >= 11 is 7.07. The average molecular weight is 559 g/mol. The maximum atomic E-state index is 13.5. The Bertz CT molecular complexity index is 1320. The fraction of sp³-hybridized carbons (Fsp3) is 0.208. The highest BCUT2D eigenvalue weighted by atomic mass is 35.5. The van der Waals surface area contributed by atoms with Gasteiger partial charge in [-0.2, -0.15) is 13.2 Å². The maximum Gasteiger partial charge on any atom is 0.417 e. The lowest BCUT2D eigenvalue weighted by atomic mass is 10.2. The first-order chi connectivity index (χ1) is 17.0. The van der Waals surface area contributed by atoms with Crippen LogP contribution in [0.3, 0.4) is 0 Å². The molecule has 36 heavy (non-hydrogen) atoms. The number of carbonyl (C=O) groups is 1. The van der Waals surface area contributed by atoms with E-state index in [1.807, 2.05) is 6.26 Å². The Hall–Kier alpha value is -2.89. The van der Waals surface area contributed by atoms with Crippen molar-refractivity contribution in [2.75, 3.05) is 29.0 Å². The Kier molecular flexibility index (Phi) is 8.80. The van der Waals surface area contributed by atoms with E-state index < -0.39 is 39.2 Å². The Morgan fingerprint density at radius 1 is 1.06 bits per heavy atom. The number of nitrogens with zero attached hydrogens (tertiary/aromatic N) is 1. The van der Waals surface area contributed by atoms with Crippen molar-refractivity contribution >= 4 is 50.7 Å². The van der Waals surface area contributed by atoms with E-state index in [2.05, 4.69) is 5.32 Å². The number of carbonyl (C=O) groups excluding carboxylic acids is 1. The van der Waals surface area contributed by atoms with Gasteiger partial charge in [-0.1, -0.05) is 11.6 Å². The summed E-state index contributed by atoms with van der Waals surface area (Å²) in [5.74, 6) is -0.336. The monoisotopic (exact) mass is 558 g/mol. The highest BCUT2D eigenvalue weighted by Crippen LogP contribution is 2.36. The van der Waals surface area contributed by atoms with Crippen LogP contribution in [0.4, 0.5) is 24.5 Å². The Balaban J connectivity index is 1.94.